The average Bonchev–Trinajstić information content (AvgIpc) is 3.60. The highest BCUT2D eigenvalue weighted by Crippen LogP contribution is 2.32. The predicted octanol–water partition coefficient (Wildman–Crippen LogP) is 3.85. The van der Waals surface area contributed by atoms with Crippen molar-refractivity contribution in [2.24, 2.45) is 5.73 Å². The zero-order valence-corrected chi connectivity index (χ0v) is 19.8. The number of amides is 3. The minimum atomic E-state index is -0.921. The van der Waals surface area contributed by atoms with Crippen molar-refractivity contribution in [1.82, 2.24) is 15.2 Å². The molecule has 36 heavy (non-hydrogen) atoms. The Hall–Kier alpha value is -3.99. The molecule has 1 unspecified atom stereocenters. The first kappa shape index (κ1) is 23.7. The molecule has 3 amide bonds. The number of hydrogen-bond acceptors (Lipinski definition) is 5. The third kappa shape index (κ3) is 4.49. The van der Waals surface area contributed by atoms with Gasteiger partial charge in [0.15, 0.2) is 11.6 Å². The molecule has 0 spiro atoms. The van der Waals surface area contributed by atoms with Gasteiger partial charge in [-0.1, -0.05) is 12.1 Å². The third-order valence-corrected chi connectivity index (χ3v) is 6.76. The first-order valence-corrected chi connectivity index (χ1v) is 11.8. The summed E-state index contributed by atoms with van der Waals surface area (Å²) < 4.78 is 27.8. The highest BCUT2D eigenvalue weighted by molar-refractivity contribution is 5.95. The fraction of sp³-hybridized carbons (Fsp3) is 0.320. The highest BCUT2D eigenvalue weighted by Gasteiger charge is 2.33. The summed E-state index contributed by atoms with van der Waals surface area (Å²) in [6, 6.07) is 9.99. The van der Waals surface area contributed by atoms with E-state index in [0.29, 0.717) is 23.1 Å². The number of aromatic nitrogens is 2. The number of benzene rings is 2. The number of carbonyl (C=O) groups is 2. The molecule has 0 radical (unpaired) electrons. The molecular weight excluding hydrogens is 468 g/mol. The molecule has 1 aromatic heterocycles. The average molecular weight is 496 g/mol. The standard InChI is InChI=1S/C25H27F2N7O2/c1-15(16-4-7-18(8-5-16)32-10-2-3-11-32)24(35)29-23-19-13-33(14-21(19)30-31-23)34(25(28)36)22-9-6-17(26)12-20(22)27/h4-9,12,15H,2-3,10-11,13-14H2,1H3,(H2,28,36)(H2,29,30,31,35). The monoisotopic (exact) mass is 495 g/mol. The van der Waals surface area contributed by atoms with Gasteiger partial charge >= 0.3 is 6.03 Å². The van der Waals surface area contributed by atoms with E-state index in [1.54, 1.807) is 0 Å². The van der Waals surface area contributed by atoms with Gasteiger partial charge in [-0.3, -0.25) is 9.89 Å². The summed E-state index contributed by atoms with van der Waals surface area (Å²) in [5.41, 5.74) is 8.71. The van der Waals surface area contributed by atoms with Crippen LogP contribution in [0.3, 0.4) is 0 Å². The van der Waals surface area contributed by atoms with Crippen LogP contribution in [0.5, 0.6) is 0 Å². The van der Waals surface area contributed by atoms with Crippen LogP contribution in [0, 0.1) is 11.6 Å². The van der Waals surface area contributed by atoms with Crippen LogP contribution in [0.1, 0.15) is 42.5 Å². The number of primary amides is 1. The SMILES string of the molecule is CC(C(=O)Nc1n[nH]c2c1CN(N(C(N)=O)c1ccc(F)cc1F)C2)c1ccc(N2CCCC2)cc1. The van der Waals surface area contributed by atoms with Crippen molar-refractivity contribution in [2.45, 2.75) is 38.8 Å². The zero-order chi connectivity index (χ0) is 25.4. The third-order valence-electron chi connectivity index (χ3n) is 6.76. The zero-order valence-electron chi connectivity index (χ0n) is 19.8. The Labute approximate surface area is 206 Å². The molecule has 5 rings (SSSR count). The maximum Gasteiger partial charge on any atom is 0.334 e. The van der Waals surface area contributed by atoms with Crippen LogP contribution in [0.25, 0.3) is 0 Å². The lowest BCUT2D eigenvalue weighted by molar-refractivity contribution is -0.117. The molecule has 11 heteroatoms. The Morgan fingerprint density at radius 2 is 1.83 bits per heavy atom. The fourth-order valence-corrected chi connectivity index (χ4v) is 4.76. The van der Waals surface area contributed by atoms with Crippen molar-refractivity contribution in [3.8, 4) is 0 Å². The molecule has 0 aliphatic carbocycles. The number of nitrogens with zero attached hydrogens (tertiary/aromatic N) is 4. The lowest BCUT2D eigenvalue weighted by Gasteiger charge is -2.30. The predicted molar refractivity (Wildman–Crippen MR) is 131 cm³/mol. The van der Waals surface area contributed by atoms with E-state index in [1.165, 1.54) is 17.9 Å². The molecule has 1 saturated heterocycles. The van der Waals surface area contributed by atoms with Gasteiger partial charge in [0.05, 0.1) is 23.8 Å². The minimum Gasteiger partial charge on any atom is -0.372 e. The number of aromatic amines is 1. The van der Waals surface area contributed by atoms with Gasteiger partial charge in [-0.2, -0.15) is 5.10 Å². The van der Waals surface area contributed by atoms with Crippen LogP contribution in [0.15, 0.2) is 42.5 Å². The molecule has 2 aliphatic rings. The van der Waals surface area contributed by atoms with Gasteiger partial charge in [0, 0.05) is 37.0 Å². The summed E-state index contributed by atoms with van der Waals surface area (Å²) in [5, 5.41) is 12.4. The van der Waals surface area contributed by atoms with Crippen LogP contribution in [-0.4, -0.2) is 40.2 Å². The summed E-state index contributed by atoms with van der Waals surface area (Å²) in [7, 11) is 0. The number of urea groups is 1. The van der Waals surface area contributed by atoms with Crippen molar-refractivity contribution in [2.75, 3.05) is 28.3 Å². The number of nitrogens with one attached hydrogen (secondary N) is 2. The van der Waals surface area contributed by atoms with E-state index in [4.69, 9.17) is 5.73 Å². The Balaban J connectivity index is 1.28. The molecule has 1 fully saturated rings. The molecule has 188 valence electrons. The number of hydrogen-bond donors (Lipinski definition) is 3. The Kier molecular flexibility index (Phi) is 6.31. The summed E-state index contributed by atoms with van der Waals surface area (Å²) in [6.07, 6.45) is 2.39. The number of fused-ring (bicyclic) bond motifs is 1. The van der Waals surface area contributed by atoms with Gasteiger partial charge in [-0.25, -0.2) is 23.6 Å². The quantitative estimate of drug-likeness (QED) is 0.481. The summed E-state index contributed by atoms with van der Waals surface area (Å²) in [6.45, 7) is 4.24. The Bertz CT molecular complexity index is 1290. The molecule has 1 atom stereocenters. The Morgan fingerprint density at radius 1 is 1.11 bits per heavy atom. The second-order valence-corrected chi connectivity index (χ2v) is 9.09. The van der Waals surface area contributed by atoms with E-state index in [0.717, 1.165) is 41.5 Å². The molecule has 2 aliphatic heterocycles. The summed E-state index contributed by atoms with van der Waals surface area (Å²) in [4.78, 5) is 27.5. The van der Waals surface area contributed by atoms with E-state index in [9.17, 15) is 18.4 Å². The summed E-state index contributed by atoms with van der Waals surface area (Å²) in [5.74, 6) is -1.99. The smallest absolute Gasteiger partial charge is 0.334 e. The van der Waals surface area contributed by atoms with Crippen LogP contribution in [-0.2, 0) is 17.9 Å². The highest BCUT2D eigenvalue weighted by atomic mass is 19.1. The maximum absolute atomic E-state index is 14.4. The van der Waals surface area contributed by atoms with E-state index in [2.05, 4.69) is 20.4 Å². The lowest BCUT2D eigenvalue weighted by atomic mass is 10.00. The van der Waals surface area contributed by atoms with Gasteiger partial charge in [0.25, 0.3) is 0 Å². The van der Waals surface area contributed by atoms with Crippen molar-refractivity contribution in [1.29, 1.82) is 0 Å². The lowest BCUT2D eigenvalue weighted by Crippen LogP contribution is -2.47. The molecule has 0 saturated carbocycles. The number of anilines is 3. The van der Waals surface area contributed by atoms with Gasteiger partial charge in [0.2, 0.25) is 5.91 Å². The largest absolute Gasteiger partial charge is 0.372 e. The van der Waals surface area contributed by atoms with E-state index < -0.39 is 23.6 Å². The molecular formula is C25H27F2N7O2. The molecule has 9 nitrogen and oxygen atoms in total. The van der Waals surface area contributed by atoms with Crippen molar-refractivity contribution in [3.63, 3.8) is 0 Å². The number of rotatable bonds is 6. The molecule has 2 aromatic carbocycles. The summed E-state index contributed by atoms with van der Waals surface area (Å²) >= 11 is 0. The normalized spacial score (nSPS) is 16.1. The second-order valence-electron chi connectivity index (χ2n) is 9.09. The molecule has 3 heterocycles. The number of hydrazine groups is 1. The number of H-pyrrole nitrogens is 1. The number of halogens is 2. The van der Waals surface area contributed by atoms with Crippen LogP contribution in [0.2, 0.25) is 0 Å². The van der Waals surface area contributed by atoms with Gasteiger partial charge < -0.3 is 16.0 Å². The van der Waals surface area contributed by atoms with Gasteiger partial charge in [-0.15, -0.1) is 0 Å². The maximum atomic E-state index is 14.4. The topological polar surface area (TPSA) is 111 Å². The molecule has 4 N–H and O–H groups in total. The van der Waals surface area contributed by atoms with Gasteiger partial charge in [-0.05, 0) is 49.6 Å². The van der Waals surface area contributed by atoms with E-state index in [-0.39, 0.29) is 24.7 Å². The minimum absolute atomic E-state index is 0.139. The Morgan fingerprint density at radius 3 is 2.50 bits per heavy atom. The van der Waals surface area contributed by atoms with Crippen LogP contribution in [0.4, 0.5) is 30.8 Å². The fourth-order valence-electron chi connectivity index (χ4n) is 4.76. The second kappa shape index (κ2) is 9.57. The van der Waals surface area contributed by atoms with E-state index in [1.807, 2.05) is 31.2 Å². The van der Waals surface area contributed by atoms with Crippen molar-refractivity contribution in [3.05, 3.63) is 70.9 Å². The first-order chi connectivity index (χ1) is 17.3. The van der Waals surface area contributed by atoms with Crippen LogP contribution >= 0.6 is 0 Å². The number of nitrogens with two attached hydrogens (primary N) is 1. The molecule has 3 aromatic rings. The van der Waals surface area contributed by atoms with Crippen LogP contribution < -0.4 is 21.0 Å². The van der Waals surface area contributed by atoms with Gasteiger partial charge in [0.1, 0.15) is 5.82 Å². The van der Waals surface area contributed by atoms with E-state index >= 15 is 0 Å². The molecule has 0 bridgehead atoms. The first-order valence-electron chi connectivity index (χ1n) is 11.8. The van der Waals surface area contributed by atoms with Crippen molar-refractivity contribution < 1.29 is 18.4 Å². The van der Waals surface area contributed by atoms with Crippen molar-refractivity contribution >= 4 is 29.1 Å². The number of carbonyl (C=O) groups excluding carboxylic acids is 2.